The van der Waals surface area contributed by atoms with Crippen LogP contribution >= 0.6 is 15.9 Å². The van der Waals surface area contributed by atoms with Crippen LogP contribution < -0.4 is 10.2 Å². The van der Waals surface area contributed by atoms with Gasteiger partial charge in [-0.15, -0.1) is 0 Å². The van der Waals surface area contributed by atoms with E-state index in [1.165, 1.54) is 0 Å². The Morgan fingerprint density at radius 2 is 1.74 bits per heavy atom. The van der Waals surface area contributed by atoms with Gasteiger partial charge in [0.25, 0.3) is 5.91 Å². The Balaban J connectivity index is 1.65. The summed E-state index contributed by atoms with van der Waals surface area (Å²) >= 11 is 3.44. The van der Waals surface area contributed by atoms with Crippen LogP contribution in [0.15, 0.2) is 80.4 Å². The van der Waals surface area contributed by atoms with E-state index in [2.05, 4.69) is 22.9 Å². The Kier molecular flexibility index (Phi) is 6.00. The Morgan fingerprint density at radius 1 is 1.00 bits per heavy atom. The van der Waals surface area contributed by atoms with Gasteiger partial charge >= 0.3 is 0 Å². The molecule has 3 aromatic carbocycles. The summed E-state index contributed by atoms with van der Waals surface area (Å²) in [5.74, 6) is 0.590. The Labute approximate surface area is 206 Å². The summed E-state index contributed by atoms with van der Waals surface area (Å²) in [7, 11) is 0. The molecule has 0 saturated heterocycles. The van der Waals surface area contributed by atoms with E-state index in [-0.39, 0.29) is 17.1 Å². The normalized spacial score (nSPS) is 15.1. The molecule has 4 aromatic rings. The zero-order chi connectivity index (χ0) is 23.8. The van der Waals surface area contributed by atoms with Gasteiger partial charge in [-0.1, -0.05) is 64.8 Å². The molecule has 0 bridgehead atoms. The molecule has 0 fully saturated rings. The molecular formula is C28H24BrNO4. The summed E-state index contributed by atoms with van der Waals surface area (Å²) in [5.41, 5.74) is 3.56. The molecule has 0 spiro atoms. The minimum atomic E-state index is -0.552. The zero-order valence-electron chi connectivity index (χ0n) is 19.0. The predicted octanol–water partition coefficient (Wildman–Crippen LogP) is 6.40. The van der Waals surface area contributed by atoms with Gasteiger partial charge in [-0.2, -0.15) is 0 Å². The molecule has 1 atom stereocenters. The van der Waals surface area contributed by atoms with Crippen LogP contribution in [0.1, 0.15) is 52.2 Å². The van der Waals surface area contributed by atoms with Crippen molar-refractivity contribution in [3.8, 4) is 5.75 Å². The van der Waals surface area contributed by atoms with Crippen molar-refractivity contribution < 1.29 is 13.9 Å². The van der Waals surface area contributed by atoms with E-state index in [1.807, 2.05) is 55.5 Å². The lowest BCUT2D eigenvalue weighted by Gasteiger charge is -2.25. The number of nitrogens with zero attached hydrogens (tertiary/aromatic N) is 1. The quantitative estimate of drug-likeness (QED) is 0.297. The second-order valence-corrected chi connectivity index (χ2v) is 9.47. The lowest BCUT2D eigenvalue weighted by molar-refractivity contribution is 0.0714. The molecule has 0 saturated carbocycles. The highest BCUT2D eigenvalue weighted by Crippen LogP contribution is 2.39. The number of amides is 1. The van der Waals surface area contributed by atoms with Crippen LogP contribution in [-0.4, -0.2) is 17.4 Å². The number of carbonyl (C=O) groups is 1. The molecule has 1 aliphatic rings. The van der Waals surface area contributed by atoms with Crippen molar-refractivity contribution in [2.24, 2.45) is 0 Å². The minimum absolute atomic E-state index is 0.114. The number of hydrogen-bond donors (Lipinski definition) is 0. The van der Waals surface area contributed by atoms with Gasteiger partial charge in [0.1, 0.15) is 11.3 Å². The SMILES string of the molecule is CCCOc1ccc(C2c3c(oc4ccc(Br)cc4c3=O)C(=O)N2Cc2ccc(C)cc2)cc1. The second kappa shape index (κ2) is 9.11. The summed E-state index contributed by atoms with van der Waals surface area (Å²) in [6, 6.07) is 20.4. The number of rotatable bonds is 6. The van der Waals surface area contributed by atoms with Gasteiger partial charge in [-0.05, 0) is 54.8 Å². The average Bonchev–Trinajstić information content (AvgIpc) is 3.11. The Bertz CT molecular complexity index is 1420. The van der Waals surface area contributed by atoms with Crippen molar-refractivity contribution in [1.82, 2.24) is 4.90 Å². The monoisotopic (exact) mass is 517 g/mol. The van der Waals surface area contributed by atoms with Gasteiger partial charge < -0.3 is 14.1 Å². The van der Waals surface area contributed by atoms with Gasteiger partial charge in [0, 0.05) is 11.0 Å². The largest absolute Gasteiger partial charge is 0.494 e. The summed E-state index contributed by atoms with van der Waals surface area (Å²) < 4.78 is 12.5. The van der Waals surface area contributed by atoms with Gasteiger partial charge in [0.2, 0.25) is 5.76 Å². The lowest BCUT2D eigenvalue weighted by atomic mass is 9.98. The molecule has 34 heavy (non-hydrogen) atoms. The van der Waals surface area contributed by atoms with Crippen molar-refractivity contribution in [2.45, 2.75) is 32.9 Å². The van der Waals surface area contributed by atoms with E-state index in [0.717, 1.165) is 33.3 Å². The highest BCUT2D eigenvalue weighted by atomic mass is 79.9. The number of carbonyl (C=O) groups excluding carboxylic acids is 1. The number of hydrogen-bond acceptors (Lipinski definition) is 4. The maximum Gasteiger partial charge on any atom is 0.291 e. The highest BCUT2D eigenvalue weighted by Gasteiger charge is 2.42. The van der Waals surface area contributed by atoms with E-state index < -0.39 is 6.04 Å². The fourth-order valence-corrected chi connectivity index (χ4v) is 4.72. The van der Waals surface area contributed by atoms with E-state index >= 15 is 0 Å². The number of fused-ring (bicyclic) bond motifs is 2. The van der Waals surface area contributed by atoms with Gasteiger partial charge in [0.15, 0.2) is 5.43 Å². The molecule has 0 radical (unpaired) electrons. The zero-order valence-corrected chi connectivity index (χ0v) is 20.6. The average molecular weight is 518 g/mol. The second-order valence-electron chi connectivity index (χ2n) is 8.55. The van der Waals surface area contributed by atoms with Crippen LogP contribution in [0.2, 0.25) is 0 Å². The molecule has 0 aliphatic carbocycles. The van der Waals surface area contributed by atoms with Crippen LogP contribution in [0.25, 0.3) is 11.0 Å². The van der Waals surface area contributed by atoms with Crippen molar-refractivity contribution >= 4 is 32.8 Å². The van der Waals surface area contributed by atoms with E-state index in [0.29, 0.717) is 29.7 Å². The van der Waals surface area contributed by atoms with Gasteiger partial charge in [-0.25, -0.2) is 0 Å². The summed E-state index contributed by atoms with van der Waals surface area (Å²) in [5, 5.41) is 0.450. The molecule has 2 heterocycles. The van der Waals surface area contributed by atoms with E-state index in [1.54, 1.807) is 23.1 Å². The first-order valence-corrected chi connectivity index (χ1v) is 12.1. The molecule has 1 unspecified atom stereocenters. The fraction of sp³-hybridized carbons (Fsp3) is 0.214. The van der Waals surface area contributed by atoms with E-state index in [9.17, 15) is 9.59 Å². The maximum absolute atomic E-state index is 13.7. The number of benzene rings is 3. The van der Waals surface area contributed by atoms with Crippen LogP contribution in [0.5, 0.6) is 5.75 Å². The lowest BCUT2D eigenvalue weighted by Crippen LogP contribution is -2.29. The van der Waals surface area contributed by atoms with E-state index in [4.69, 9.17) is 9.15 Å². The molecule has 6 heteroatoms. The maximum atomic E-state index is 13.7. The number of aryl methyl sites for hydroxylation is 1. The van der Waals surface area contributed by atoms with Crippen molar-refractivity contribution in [2.75, 3.05) is 6.61 Å². The third-order valence-corrected chi connectivity index (χ3v) is 6.56. The number of halogens is 1. The van der Waals surface area contributed by atoms with Crippen molar-refractivity contribution in [3.05, 3.63) is 109 Å². The fourth-order valence-electron chi connectivity index (χ4n) is 4.36. The summed E-state index contributed by atoms with van der Waals surface area (Å²) in [6.45, 7) is 5.08. The Morgan fingerprint density at radius 3 is 2.44 bits per heavy atom. The molecule has 5 nitrogen and oxygen atoms in total. The summed E-state index contributed by atoms with van der Waals surface area (Å²) in [4.78, 5) is 29.0. The smallest absolute Gasteiger partial charge is 0.291 e. The standard InChI is InChI=1S/C28H24BrNO4/c1-3-14-33-21-11-8-19(9-12-21)25-24-26(31)22-15-20(29)10-13-23(22)34-27(24)28(32)30(25)16-18-6-4-17(2)5-7-18/h4-13,15,25H,3,14,16H2,1-2H3. The molecule has 172 valence electrons. The summed E-state index contributed by atoms with van der Waals surface area (Å²) in [6.07, 6.45) is 0.917. The topological polar surface area (TPSA) is 59.8 Å². The third kappa shape index (κ3) is 4.03. The molecule has 1 amide bonds. The number of ether oxygens (including phenoxy) is 1. The first-order chi connectivity index (χ1) is 16.5. The molecule has 0 N–H and O–H groups in total. The van der Waals surface area contributed by atoms with Crippen LogP contribution in [0, 0.1) is 6.92 Å². The van der Waals surface area contributed by atoms with Gasteiger partial charge in [-0.3, -0.25) is 9.59 Å². The Hall–Kier alpha value is -3.38. The molecule has 5 rings (SSSR count). The molecule has 1 aliphatic heterocycles. The molecular weight excluding hydrogens is 494 g/mol. The minimum Gasteiger partial charge on any atom is -0.494 e. The van der Waals surface area contributed by atoms with Crippen molar-refractivity contribution in [1.29, 1.82) is 0 Å². The van der Waals surface area contributed by atoms with Crippen molar-refractivity contribution in [3.63, 3.8) is 0 Å². The first kappa shape index (κ1) is 22.4. The highest BCUT2D eigenvalue weighted by molar-refractivity contribution is 9.10. The predicted molar refractivity (Wildman–Crippen MR) is 135 cm³/mol. The first-order valence-electron chi connectivity index (χ1n) is 11.3. The van der Waals surface area contributed by atoms with Crippen LogP contribution in [0.4, 0.5) is 0 Å². The van der Waals surface area contributed by atoms with Gasteiger partial charge in [0.05, 0.1) is 23.6 Å². The van der Waals surface area contributed by atoms with Crippen LogP contribution in [0.3, 0.4) is 0 Å². The van der Waals surface area contributed by atoms with Crippen LogP contribution in [-0.2, 0) is 6.54 Å². The third-order valence-electron chi connectivity index (χ3n) is 6.07. The molecule has 1 aromatic heterocycles.